The molecule has 1 nitrogen and oxygen atoms in total. The van der Waals surface area contributed by atoms with Gasteiger partial charge in [-0.3, -0.25) is 0 Å². The Morgan fingerprint density at radius 3 is 2.43 bits per heavy atom. The Balaban J connectivity index is 1.93. The van der Waals surface area contributed by atoms with Gasteiger partial charge in [-0.25, -0.2) is 0 Å². The fraction of sp³-hybridized carbons (Fsp3) is 0.846. The van der Waals surface area contributed by atoms with E-state index in [0.29, 0.717) is 5.41 Å². The highest BCUT2D eigenvalue weighted by atomic mass is 15.1. The van der Waals surface area contributed by atoms with E-state index in [1.807, 2.05) is 0 Å². The molecule has 0 aromatic rings. The van der Waals surface area contributed by atoms with E-state index in [4.69, 9.17) is 0 Å². The number of hydrogen-bond donors (Lipinski definition) is 0. The van der Waals surface area contributed by atoms with Gasteiger partial charge in [-0.2, -0.15) is 0 Å². The lowest BCUT2D eigenvalue weighted by Gasteiger charge is -2.39. The van der Waals surface area contributed by atoms with Crippen LogP contribution in [0, 0.1) is 5.41 Å². The van der Waals surface area contributed by atoms with E-state index in [9.17, 15) is 0 Å². The van der Waals surface area contributed by atoms with Crippen molar-refractivity contribution in [3.05, 3.63) is 12.3 Å². The predicted octanol–water partition coefficient (Wildman–Crippen LogP) is 3.56. The van der Waals surface area contributed by atoms with Crippen LogP contribution < -0.4 is 0 Å². The van der Waals surface area contributed by atoms with Crippen molar-refractivity contribution in [2.45, 2.75) is 58.4 Å². The molecular weight excluding hydrogens is 170 g/mol. The Hall–Kier alpha value is -0.460. The molecule has 0 unspecified atom stereocenters. The largest absolute Gasteiger partial charge is 0.375 e. The van der Waals surface area contributed by atoms with Crippen LogP contribution in [-0.2, 0) is 0 Å². The Kier molecular flexibility index (Phi) is 2.85. The molecular formula is C13H23N. The van der Waals surface area contributed by atoms with Gasteiger partial charge in [0.1, 0.15) is 0 Å². The van der Waals surface area contributed by atoms with Crippen LogP contribution in [-0.4, -0.2) is 17.5 Å². The molecule has 1 aliphatic heterocycles. The standard InChI is InChI=1S/C13H23N/c1-13(2)8-10-14(11-9-13)12-6-4-3-5-7-12/h8,10,12H,3-7,9,11H2,1-2H3. The summed E-state index contributed by atoms with van der Waals surface area (Å²) in [5, 5.41) is 0. The van der Waals surface area contributed by atoms with Crippen LogP contribution in [0.2, 0.25) is 0 Å². The first-order valence-corrected chi connectivity index (χ1v) is 6.12. The molecule has 1 heterocycles. The Bertz CT molecular complexity index is 211. The highest BCUT2D eigenvalue weighted by molar-refractivity contribution is 5.01. The molecule has 1 aliphatic carbocycles. The number of rotatable bonds is 1. The van der Waals surface area contributed by atoms with Gasteiger partial charge in [0.15, 0.2) is 0 Å². The second kappa shape index (κ2) is 3.96. The van der Waals surface area contributed by atoms with Gasteiger partial charge in [0.25, 0.3) is 0 Å². The quantitative estimate of drug-likeness (QED) is 0.615. The fourth-order valence-corrected chi connectivity index (χ4v) is 2.59. The summed E-state index contributed by atoms with van der Waals surface area (Å²) in [6.45, 7) is 5.94. The molecule has 0 saturated heterocycles. The summed E-state index contributed by atoms with van der Waals surface area (Å²) in [4.78, 5) is 2.59. The third-order valence-corrected chi connectivity index (χ3v) is 3.78. The molecule has 0 spiro atoms. The topological polar surface area (TPSA) is 3.24 Å². The lowest BCUT2D eigenvalue weighted by atomic mass is 9.85. The maximum atomic E-state index is 2.59. The minimum atomic E-state index is 0.436. The average molecular weight is 193 g/mol. The lowest BCUT2D eigenvalue weighted by Crippen LogP contribution is -2.37. The van der Waals surface area contributed by atoms with Crippen molar-refractivity contribution in [3.8, 4) is 0 Å². The van der Waals surface area contributed by atoms with E-state index in [1.165, 1.54) is 45.1 Å². The van der Waals surface area contributed by atoms with Crippen molar-refractivity contribution in [1.82, 2.24) is 4.90 Å². The molecule has 14 heavy (non-hydrogen) atoms. The summed E-state index contributed by atoms with van der Waals surface area (Å²) in [6, 6.07) is 0.857. The molecule has 0 N–H and O–H groups in total. The van der Waals surface area contributed by atoms with Crippen molar-refractivity contribution >= 4 is 0 Å². The van der Waals surface area contributed by atoms with Crippen molar-refractivity contribution in [2.75, 3.05) is 6.54 Å². The summed E-state index contributed by atoms with van der Waals surface area (Å²) in [7, 11) is 0. The van der Waals surface area contributed by atoms with Crippen LogP contribution in [0.4, 0.5) is 0 Å². The smallest absolute Gasteiger partial charge is 0.0284 e. The monoisotopic (exact) mass is 193 g/mol. The molecule has 1 saturated carbocycles. The molecule has 0 radical (unpaired) electrons. The van der Waals surface area contributed by atoms with Crippen LogP contribution in [0.3, 0.4) is 0 Å². The second-order valence-corrected chi connectivity index (χ2v) is 5.58. The van der Waals surface area contributed by atoms with Gasteiger partial charge in [-0.1, -0.05) is 39.2 Å². The van der Waals surface area contributed by atoms with Gasteiger partial charge in [0.05, 0.1) is 0 Å². The SMILES string of the molecule is CC1(C)C=CN(C2CCCCC2)CC1. The number of nitrogens with zero attached hydrogens (tertiary/aromatic N) is 1. The first-order valence-electron chi connectivity index (χ1n) is 6.12. The fourth-order valence-electron chi connectivity index (χ4n) is 2.59. The number of hydrogen-bond acceptors (Lipinski definition) is 1. The minimum absolute atomic E-state index is 0.436. The summed E-state index contributed by atoms with van der Waals surface area (Å²) in [5.41, 5.74) is 0.436. The molecule has 2 aliphatic rings. The van der Waals surface area contributed by atoms with Crippen LogP contribution in [0.1, 0.15) is 52.4 Å². The van der Waals surface area contributed by atoms with Crippen LogP contribution in [0.25, 0.3) is 0 Å². The summed E-state index contributed by atoms with van der Waals surface area (Å²) < 4.78 is 0. The summed E-state index contributed by atoms with van der Waals surface area (Å²) in [5.74, 6) is 0. The van der Waals surface area contributed by atoms with Gasteiger partial charge in [0, 0.05) is 12.6 Å². The zero-order valence-electron chi connectivity index (χ0n) is 9.63. The third kappa shape index (κ3) is 2.31. The predicted molar refractivity (Wildman–Crippen MR) is 61.1 cm³/mol. The van der Waals surface area contributed by atoms with Crippen LogP contribution >= 0.6 is 0 Å². The van der Waals surface area contributed by atoms with Gasteiger partial charge < -0.3 is 4.90 Å². The van der Waals surface area contributed by atoms with E-state index >= 15 is 0 Å². The first kappa shape index (κ1) is 10.1. The van der Waals surface area contributed by atoms with Crippen molar-refractivity contribution in [1.29, 1.82) is 0 Å². The molecule has 1 heteroatoms. The van der Waals surface area contributed by atoms with E-state index < -0.39 is 0 Å². The van der Waals surface area contributed by atoms with Crippen LogP contribution in [0.5, 0.6) is 0 Å². The van der Waals surface area contributed by atoms with Gasteiger partial charge in [0.2, 0.25) is 0 Å². The van der Waals surface area contributed by atoms with E-state index in [0.717, 1.165) is 6.04 Å². The minimum Gasteiger partial charge on any atom is -0.375 e. The van der Waals surface area contributed by atoms with Gasteiger partial charge in [-0.15, -0.1) is 0 Å². The molecule has 0 amide bonds. The molecule has 0 atom stereocenters. The Morgan fingerprint density at radius 2 is 1.86 bits per heavy atom. The van der Waals surface area contributed by atoms with Crippen molar-refractivity contribution < 1.29 is 0 Å². The highest BCUT2D eigenvalue weighted by Gasteiger charge is 2.24. The zero-order valence-corrected chi connectivity index (χ0v) is 9.63. The average Bonchev–Trinajstić information content (AvgIpc) is 2.19. The molecule has 0 aromatic heterocycles. The molecule has 0 bridgehead atoms. The Morgan fingerprint density at radius 1 is 1.14 bits per heavy atom. The summed E-state index contributed by atoms with van der Waals surface area (Å²) >= 11 is 0. The van der Waals surface area contributed by atoms with E-state index in [-0.39, 0.29) is 0 Å². The van der Waals surface area contributed by atoms with Gasteiger partial charge >= 0.3 is 0 Å². The maximum Gasteiger partial charge on any atom is 0.0284 e. The van der Waals surface area contributed by atoms with Crippen molar-refractivity contribution in [2.24, 2.45) is 5.41 Å². The highest BCUT2D eigenvalue weighted by Crippen LogP contribution is 2.31. The third-order valence-electron chi connectivity index (χ3n) is 3.78. The molecule has 0 aromatic carbocycles. The molecule has 1 fully saturated rings. The van der Waals surface area contributed by atoms with Gasteiger partial charge in [-0.05, 0) is 30.9 Å². The maximum absolute atomic E-state index is 2.59. The second-order valence-electron chi connectivity index (χ2n) is 5.58. The normalized spacial score (nSPS) is 28.0. The number of allylic oxidation sites excluding steroid dienone is 1. The van der Waals surface area contributed by atoms with E-state index in [2.05, 4.69) is 31.0 Å². The zero-order chi connectivity index (χ0) is 10.0. The van der Waals surface area contributed by atoms with Crippen molar-refractivity contribution in [3.63, 3.8) is 0 Å². The van der Waals surface area contributed by atoms with Crippen LogP contribution in [0.15, 0.2) is 12.3 Å². The summed E-state index contributed by atoms with van der Waals surface area (Å²) in [6.07, 6.45) is 13.3. The Labute approximate surface area is 88.2 Å². The first-order chi connectivity index (χ1) is 6.67. The lowest BCUT2D eigenvalue weighted by molar-refractivity contribution is 0.181. The molecule has 80 valence electrons. The molecule has 2 rings (SSSR count). The van der Waals surface area contributed by atoms with E-state index in [1.54, 1.807) is 0 Å².